The van der Waals surface area contributed by atoms with Crippen molar-refractivity contribution >= 4 is 35.0 Å². The number of nitrogens with one attached hydrogen (secondary N) is 2. The van der Waals surface area contributed by atoms with Gasteiger partial charge in [0.15, 0.2) is 5.82 Å². The molecular weight excluding hydrogens is 366 g/mol. The second kappa shape index (κ2) is 8.95. The maximum Gasteiger partial charge on any atom is 0.340 e. The number of rotatable bonds is 7. The molecule has 2 aromatic carbocycles. The van der Waals surface area contributed by atoms with Gasteiger partial charge >= 0.3 is 5.97 Å². The van der Waals surface area contributed by atoms with Crippen molar-refractivity contribution in [3.63, 3.8) is 0 Å². The summed E-state index contributed by atoms with van der Waals surface area (Å²) < 4.78 is 5.08. The second-order valence-corrected chi connectivity index (χ2v) is 5.97. The van der Waals surface area contributed by atoms with E-state index < -0.39 is 5.97 Å². The number of anilines is 3. The first-order valence-corrected chi connectivity index (χ1v) is 8.74. The number of carbonyl (C=O) groups is 1. The standard InChI is InChI=1S/C19H18ClN5O2/c1-2-27-18(26)15-5-3-4-6-16(15)23-17-12-22-25-19(24-17)21-11-13-7-9-14(20)10-8-13/h3-10,12H,2,11H2,1H3,(H2,21,23,24,25). The summed E-state index contributed by atoms with van der Waals surface area (Å²) in [6, 6.07) is 14.5. The molecule has 0 aliphatic rings. The van der Waals surface area contributed by atoms with Gasteiger partial charge in [-0.15, -0.1) is 5.10 Å². The molecule has 8 heteroatoms. The van der Waals surface area contributed by atoms with Crippen LogP contribution >= 0.6 is 11.6 Å². The van der Waals surface area contributed by atoms with E-state index in [1.165, 1.54) is 6.20 Å². The summed E-state index contributed by atoms with van der Waals surface area (Å²) in [5.74, 6) is 0.424. The van der Waals surface area contributed by atoms with Gasteiger partial charge in [0.05, 0.1) is 24.1 Å². The molecule has 0 amide bonds. The van der Waals surface area contributed by atoms with Gasteiger partial charge in [-0.3, -0.25) is 0 Å². The van der Waals surface area contributed by atoms with E-state index >= 15 is 0 Å². The molecule has 0 bridgehead atoms. The van der Waals surface area contributed by atoms with Crippen LogP contribution in [0.5, 0.6) is 0 Å². The quantitative estimate of drug-likeness (QED) is 0.594. The zero-order chi connectivity index (χ0) is 19.1. The first kappa shape index (κ1) is 18.6. The molecule has 7 nitrogen and oxygen atoms in total. The van der Waals surface area contributed by atoms with Gasteiger partial charge in [0.2, 0.25) is 5.95 Å². The van der Waals surface area contributed by atoms with Gasteiger partial charge in [-0.2, -0.15) is 10.1 Å². The number of esters is 1. The number of carbonyl (C=O) groups excluding carboxylic acids is 1. The highest BCUT2D eigenvalue weighted by molar-refractivity contribution is 6.30. The molecule has 1 heterocycles. The highest BCUT2D eigenvalue weighted by Gasteiger charge is 2.12. The molecule has 0 spiro atoms. The molecule has 3 aromatic rings. The lowest BCUT2D eigenvalue weighted by atomic mass is 10.2. The minimum absolute atomic E-state index is 0.307. The Morgan fingerprint density at radius 1 is 1.15 bits per heavy atom. The van der Waals surface area contributed by atoms with E-state index in [0.717, 1.165) is 5.56 Å². The highest BCUT2D eigenvalue weighted by Crippen LogP contribution is 2.20. The van der Waals surface area contributed by atoms with Crippen LogP contribution in [0.3, 0.4) is 0 Å². The Bertz CT molecular complexity index is 918. The van der Waals surface area contributed by atoms with Gasteiger partial charge in [0.1, 0.15) is 0 Å². The molecular formula is C19H18ClN5O2. The third-order valence-corrected chi connectivity index (χ3v) is 3.86. The minimum atomic E-state index is -0.399. The lowest BCUT2D eigenvalue weighted by Gasteiger charge is -2.11. The van der Waals surface area contributed by atoms with E-state index in [0.29, 0.717) is 41.2 Å². The van der Waals surface area contributed by atoms with Crippen molar-refractivity contribution in [1.29, 1.82) is 0 Å². The SMILES string of the molecule is CCOC(=O)c1ccccc1Nc1cnnc(NCc2ccc(Cl)cc2)n1. The van der Waals surface area contributed by atoms with Gasteiger partial charge in [-0.25, -0.2) is 4.79 Å². The lowest BCUT2D eigenvalue weighted by Crippen LogP contribution is -2.09. The Hall–Kier alpha value is -3.19. The molecule has 0 fully saturated rings. The number of hydrogen-bond acceptors (Lipinski definition) is 7. The van der Waals surface area contributed by atoms with Gasteiger partial charge < -0.3 is 15.4 Å². The Kier molecular flexibility index (Phi) is 6.17. The minimum Gasteiger partial charge on any atom is -0.462 e. The molecule has 138 valence electrons. The smallest absolute Gasteiger partial charge is 0.340 e. The number of hydrogen-bond donors (Lipinski definition) is 2. The van der Waals surface area contributed by atoms with E-state index in [2.05, 4.69) is 25.8 Å². The number of aromatic nitrogens is 3. The van der Waals surface area contributed by atoms with Crippen LogP contribution in [0.1, 0.15) is 22.8 Å². The van der Waals surface area contributed by atoms with E-state index in [4.69, 9.17) is 16.3 Å². The molecule has 0 atom stereocenters. The van der Waals surface area contributed by atoms with Crippen molar-refractivity contribution in [3.05, 3.63) is 70.9 Å². The third kappa shape index (κ3) is 5.15. The Morgan fingerprint density at radius 2 is 1.93 bits per heavy atom. The van der Waals surface area contributed by atoms with Crippen LogP contribution in [0.25, 0.3) is 0 Å². The van der Waals surface area contributed by atoms with Crippen molar-refractivity contribution in [2.45, 2.75) is 13.5 Å². The Labute approximate surface area is 161 Å². The summed E-state index contributed by atoms with van der Waals surface area (Å²) in [5, 5.41) is 14.8. The zero-order valence-electron chi connectivity index (χ0n) is 14.6. The average Bonchev–Trinajstić information content (AvgIpc) is 2.68. The van der Waals surface area contributed by atoms with Crippen LogP contribution in [0.4, 0.5) is 17.5 Å². The molecule has 0 saturated carbocycles. The summed E-state index contributed by atoms with van der Waals surface area (Å²) in [6.45, 7) is 2.60. The number of para-hydroxylation sites is 1. The van der Waals surface area contributed by atoms with Crippen LogP contribution in [0.2, 0.25) is 5.02 Å². The van der Waals surface area contributed by atoms with Crippen LogP contribution in [-0.4, -0.2) is 27.8 Å². The Balaban J connectivity index is 1.71. The molecule has 3 rings (SSSR count). The van der Waals surface area contributed by atoms with Crippen molar-refractivity contribution in [2.24, 2.45) is 0 Å². The summed E-state index contributed by atoms with van der Waals surface area (Å²) in [5.41, 5.74) is 2.04. The van der Waals surface area contributed by atoms with Crippen molar-refractivity contribution in [3.8, 4) is 0 Å². The van der Waals surface area contributed by atoms with Crippen LogP contribution in [-0.2, 0) is 11.3 Å². The summed E-state index contributed by atoms with van der Waals surface area (Å²) in [4.78, 5) is 16.4. The fourth-order valence-corrected chi connectivity index (χ4v) is 2.46. The highest BCUT2D eigenvalue weighted by atomic mass is 35.5. The maximum atomic E-state index is 12.1. The lowest BCUT2D eigenvalue weighted by molar-refractivity contribution is 0.0527. The maximum absolute atomic E-state index is 12.1. The van der Waals surface area contributed by atoms with Crippen LogP contribution in [0.15, 0.2) is 54.7 Å². The predicted octanol–water partition coefficient (Wildman–Crippen LogP) is 4.06. The largest absolute Gasteiger partial charge is 0.462 e. The number of nitrogens with zero attached hydrogens (tertiary/aromatic N) is 3. The van der Waals surface area contributed by atoms with Crippen LogP contribution in [0, 0.1) is 0 Å². The van der Waals surface area contributed by atoms with E-state index in [-0.39, 0.29) is 0 Å². The van der Waals surface area contributed by atoms with Crippen molar-refractivity contribution in [2.75, 3.05) is 17.2 Å². The average molecular weight is 384 g/mol. The molecule has 0 saturated heterocycles. The topological polar surface area (TPSA) is 89.0 Å². The van der Waals surface area contributed by atoms with Gasteiger partial charge in [-0.1, -0.05) is 35.9 Å². The predicted molar refractivity (Wildman–Crippen MR) is 104 cm³/mol. The van der Waals surface area contributed by atoms with Crippen LogP contribution < -0.4 is 10.6 Å². The molecule has 1 aromatic heterocycles. The third-order valence-electron chi connectivity index (χ3n) is 3.61. The number of benzene rings is 2. The van der Waals surface area contributed by atoms with E-state index in [1.807, 2.05) is 30.3 Å². The molecule has 2 N–H and O–H groups in total. The van der Waals surface area contributed by atoms with Crippen molar-refractivity contribution < 1.29 is 9.53 Å². The second-order valence-electron chi connectivity index (χ2n) is 5.54. The van der Waals surface area contributed by atoms with Gasteiger partial charge in [-0.05, 0) is 36.8 Å². The number of halogens is 1. The molecule has 0 radical (unpaired) electrons. The van der Waals surface area contributed by atoms with Gasteiger partial charge in [0.25, 0.3) is 0 Å². The molecule has 0 aliphatic carbocycles. The van der Waals surface area contributed by atoms with Crippen molar-refractivity contribution in [1.82, 2.24) is 15.2 Å². The first-order valence-electron chi connectivity index (χ1n) is 8.37. The molecule has 27 heavy (non-hydrogen) atoms. The van der Waals surface area contributed by atoms with E-state index in [1.54, 1.807) is 25.1 Å². The first-order chi connectivity index (χ1) is 13.2. The summed E-state index contributed by atoms with van der Waals surface area (Å²) in [7, 11) is 0. The summed E-state index contributed by atoms with van der Waals surface area (Å²) >= 11 is 5.89. The zero-order valence-corrected chi connectivity index (χ0v) is 15.4. The molecule has 0 aliphatic heterocycles. The van der Waals surface area contributed by atoms with Gasteiger partial charge in [0, 0.05) is 11.6 Å². The fraction of sp³-hybridized carbons (Fsp3) is 0.158. The number of ether oxygens (including phenoxy) is 1. The fourth-order valence-electron chi connectivity index (χ4n) is 2.34. The summed E-state index contributed by atoms with van der Waals surface area (Å²) in [6.07, 6.45) is 1.48. The Morgan fingerprint density at radius 3 is 2.70 bits per heavy atom. The molecule has 0 unspecified atom stereocenters. The van der Waals surface area contributed by atoms with E-state index in [9.17, 15) is 4.79 Å². The normalized spacial score (nSPS) is 10.3. The monoisotopic (exact) mass is 383 g/mol.